The number of halogens is 3. The zero-order valence-electron chi connectivity index (χ0n) is 8.58. The summed E-state index contributed by atoms with van der Waals surface area (Å²) >= 11 is 6.39. The van der Waals surface area contributed by atoms with Gasteiger partial charge in [0.25, 0.3) is 0 Å². The zero-order chi connectivity index (χ0) is 12.4. The van der Waals surface area contributed by atoms with Gasteiger partial charge in [0.15, 0.2) is 5.78 Å². The molecule has 0 heterocycles. The third-order valence-corrected chi connectivity index (χ3v) is 3.60. The number of ketones is 1. The third-order valence-electron chi connectivity index (χ3n) is 2.30. The Hall–Kier alpha value is -1.00. The van der Waals surface area contributed by atoms with Gasteiger partial charge >= 0.3 is 0 Å². The van der Waals surface area contributed by atoms with Gasteiger partial charge in [-0.1, -0.05) is 28.1 Å². The van der Waals surface area contributed by atoms with Crippen molar-refractivity contribution >= 4 is 37.6 Å². The lowest BCUT2D eigenvalue weighted by molar-refractivity contribution is 0.103. The Kier molecular flexibility index (Phi) is 3.74. The fourth-order valence-corrected chi connectivity index (χ4v) is 2.28. The lowest BCUT2D eigenvalue weighted by atomic mass is 10.0. The predicted molar refractivity (Wildman–Crippen MR) is 71.7 cm³/mol. The molecule has 4 heteroatoms. The monoisotopic (exact) mass is 356 g/mol. The van der Waals surface area contributed by atoms with Crippen LogP contribution in [-0.4, -0.2) is 5.78 Å². The summed E-state index contributed by atoms with van der Waals surface area (Å²) in [5.41, 5.74) is 1.01. The van der Waals surface area contributed by atoms with E-state index >= 15 is 0 Å². The first-order valence-electron chi connectivity index (χ1n) is 4.84. The summed E-state index contributed by atoms with van der Waals surface area (Å²) in [7, 11) is 0. The molecule has 86 valence electrons. The van der Waals surface area contributed by atoms with Gasteiger partial charge in [-0.15, -0.1) is 0 Å². The van der Waals surface area contributed by atoms with E-state index in [4.69, 9.17) is 0 Å². The molecule has 2 rings (SSSR count). The Morgan fingerprint density at radius 1 is 1.00 bits per heavy atom. The van der Waals surface area contributed by atoms with Crippen LogP contribution >= 0.6 is 31.9 Å². The molecule has 1 nitrogen and oxygen atoms in total. The van der Waals surface area contributed by atoms with E-state index in [1.807, 2.05) is 6.07 Å². The molecule has 0 saturated heterocycles. The first-order valence-corrected chi connectivity index (χ1v) is 6.42. The van der Waals surface area contributed by atoms with Gasteiger partial charge in [0, 0.05) is 15.6 Å². The Morgan fingerprint density at radius 3 is 2.35 bits per heavy atom. The summed E-state index contributed by atoms with van der Waals surface area (Å²) in [6.45, 7) is 0. The van der Waals surface area contributed by atoms with Crippen molar-refractivity contribution in [2.45, 2.75) is 0 Å². The number of benzene rings is 2. The molecule has 2 aromatic carbocycles. The van der Waals surface area contributed by atoms with E-state index < -0.39 is 0 Å². The number of hydrogen-bond acceptors (Lipinski definition) is 1. The van der Waals surface area contributed by atoms with Crippen molar-refractivity contribution in [3.63, 3.8) is 0 Å². The van der Waals surface area contributed by atoms with Gasteiger partial charge in [0.2, 0.25) is 0 Å². The molecule has 0 aliphatic rings. The van der Waals surface area contributed by atoms with Crippen molar-refractivity contribution in [3.8, 4) is 0 Å². The van der Waals surface area contributed by atoms with Crippen LogP contribution in [0.25, 0.3) is 0 Å². The summed E-state index contributed by atoms with van der Waals surface area (Å²) in [5, 5.41) is 0. The van der Waals surface area contributed by atoms with Crippen molar-refractivity contribution in [1.29, 1.82) is 0 Å². The van der Waals surface area contributed by atoms with E-state index in [1.54, 1.807) is 18.2 Å². The molecule has 2 aromatic rings. The summed E-state index contributed by atoms with van der Waals surface area (Å²) < 4.78 is 14.1. The maximum atomic E-state index is 13.1. The summed E-state index contributed by atoms with van der Waals surface area (Å²) in [4.78, 5) is 12.2. The first-order chi connectivity index (χ1) is 8.09. The molecule has 0 saturated carbocycles. The molecule has 0 amide bonds. The molecular formula is C13H7Br2FO. The molecule has 0 radical (unpaired) electrons. The molecular weight excluding hydrogens is 351 g/mol. The smallest absolute Gasteiger partial charge is 0.194 e. The van der Waals surface area contributed by atoms with Gasteiger partial charge < -0.3 is 0 Å². The molecule has 0 unspecified atom stereocenters. The van der Waals surface area contributed by atoms with E-state index in [1.165, 1.54) is 18.2 Å². The van der Waals surface area contributed by atoms with E-state index in [0.717, 1.165) is 4.47 Å². The van der Waals surface area contributed by atoms with Crippen LogP contribution in [0.2, 0.25) is 0 Å². The number of hydrogen-bond donors (Lipinski definition) is 0. The van der Waals surface area contributed by atoms with E-state index in [0.29, 0.717) is 11.1 Å². The van der Waals surface area contributed by atoms with Gasteiger partial charge in [-0.05, 0) is 46.3 Å². The predicted octanol–water partition coefficient (Wildman–Crippen LogP) is 4.58. The molecule has 0 fully saturated rings. The lowest BCUT2D eigenvalue weighted by Gasteiger charge is -2.04. The van der Waals surface area contributed by atoms with E-state index in [2.05, 4.69) is 31.9 Å². The average molecular weight is 358 g/mol. The Labute approximate surface area is 115 Å². The van der Waals surface area contributed by atoms with Gasteiger partial charge in [0.1, 0.15) is 5.82 Å². The average Bonchev–Trinajstić information content (AvgIpc) is 2.32. The van der Waals surface area contributed by atoms with Gasteiger partial charge in [-0.25, -0.2) is 4.39 Å². The Balaban J connectivity index is 2.44. The highest BCUT2D eigenvalue weighted by Crippen LogP contribution is 2.22. The summed E-state index contributed by atoms with van der Waals surface area (Å²) in [6.07, 6.45) is 0. The Bertz CT molecular complexity index is 581. The first kappa shape index (κ1) is 12.5. The van der Waals surface area contributed by atoms with Gasteiger partial charge in [-0.3, -0.25) is 4.79 Å². The molecule has 0 bridgehead atoms. The second kappa shape index (κ2) is 5.10. The Morgan fingerprint density at radius 2 is 1.71 bits per heavy atom. The van der Waals surface area contributed by atoms with Crippen LogP contribution < -0.4 is 0 Å². The minimum Gasteiger partial charge on any atom is -0.289 e. The fourth-order valence-electron chi connectivity index (χ4n) is 1.44. The standard InChI is InChI=1S/C13H7Br2FO/c14-10-4-2-1-3-9(10)13(17)8-5-6-12(16)11(15)7-8/h1-7H. The number of rotatable bonds is 2. The molecule has 17 heavy (non-hydrogen) atoms. The maximum absolute atomic E-state index is 13.1. The lowest BCUT2D eigenvalue weighted by Crippen LogP contribution is -2.02. The zero-order valence-corrected chi connectivity index (χ0v) is 11.8. The highest BCUT2D eigenvalue weighted by molar-refractivity contribution is 9.10. The van der Waals surface area contributed by atoms with Crippen LogP contribution in [0.3, 0.4) is 0 Å². The second-order valence-corrected chi connectivity index (χ2v) is 5.15. The fraction of sp³-hybridized carbons (Fsp3) is 0. The second-order valence-electron chi connectivity index (χ2n) is 3.44. The molecule has 0 atom stereocenters. The minimum atomic E-state index is -0.381. The normalized spacial score (nSPS) is 10.3. The molecule has 0 aliphatic heterocycles. The van der Waals surface area contributed by atoms with Crippen LogP contribution in [0.5, 0.6) is 0 Å². The molecule has 0 aromatic heterocycles. The van der Waals surface area contributed by atoms with Crippen LogP contribution in [0, 0.1) is 5.82 Å². The van der Waals surface area contributed by atoms with Crippen molar-refractivity contribution < 1.29 is 9.18 Å². The largest absolute Gasteiger partial charge is 0.289 e. The van der Waals surface area contributed by atoms with Crippen LogP contribution in [0.15, 0.2) is 51.4 Å². The van der Waals surface area contributed by atoms with Crippen molar-refractivity contribution in [2.75, 3.05) is 0 Å². The van der Waals surface area contributed by atoms with Gasteiger partial charge in [-0.2, -0.15) is 0 Å². The highest BCUT2D eigenvalue weighted by atomic mass is 79.9. The molecule has 0 aliphatic carbocycles. The quantitative estimate of drug-likeness (QED) is 0.719. The van der Waals surface area contributed by atoms with Crippen LogP contribution in [0.4, 0.5) is 4.39 Å². The molecule has 0 spiro atoms. The van der Waals surface area contributed by atoms with Crippen LogP contribution in [0.1, 0.15) is 15.9 Å². The number of carbonyl (C=O) groups excluding carboxylic acids is 1. The van der Waals surface area contributed by atoms with Crippen molar-refractivity contribution in [1.82, 2.24) is 0 Å². The third kappa shape index (κ3) is 2.64. The molecule has 0 N–H and O–H groups in total. The minimum absolute atomic E-state index is 0.141. The summed E-state index contributed by atoms with van der Waals surface area (Å²) in [5.74, 6) is -0.521. The van der Waals surface area contributed by atoms with Crippen LogP contribution in [-0.2, 0) is 0 Å². The maximum Gasteiger partial charge on any atom is 0.194 e. The summed E-state index contributed by atoms with van der Waals surface area (Å²) in [6, 6.07) is 11.4. The number of carbonyl (C=O) groups is 1. The van der Waals surface area contributed by atoms with E-state index in [9.17, 15) is 9.18 Å². The SMILES string of the molecule is O=C(c1ccc(F)c(Br)c1)c1ccccc1Br. The highest BCUT2D eigenvalue weighted by Gasteiger charge is 2.13. The van der Waals surface area contributed by atoms with Crippen molar-refractivity contribution in [2.24, 2.45) is 0 Å². The van der Waals surface area contributed by atoms with Crippen molar-refractivity contribution in [3.05, 3.63) is 68.4 Å². The van der Waals surface area contributed by atoms with E-state index in [-0.39, 0.29) is 16.1 Å². The topological polar surface area (TPSA) is 17.1 Å². The van der Waals surface area contributed by atoms with Gasteiger partial charge in [0.05, 0.1) is 4.47 Å².